The van der Waals surface area contributed by atoms with Gasteiger partial charge in [0.2, 0.25) is 23.6 Å². The van der Waals surface area contributed by atoms with E-state index in [2.05, 4.69) is 55.1 Å². The molecule has 7 aromatic carbocycles. The van der Waals surface area contributed by atoms with Gasteiger partial charge in [-0.2, -0.15) is 0 Å². The van der Waals surface area contributed by atoms with E-state index in [-0.39, 0.29) is 71.1 Å². The van der Waals surface area contributed by atoms with Crippen molar-refractivity contribution in [3.63, 3.8) is 0 Å². The van der Waals surface area contributed by atoms with Crippen molar-refractivity contribution in [2.75, 3.05) is 26.4 Å². The molecule has 24 nitrogen and oxygen atoms in total. The number of hydrogen-bond acceptors (Lipinski definition) is 21. The van der Waals surface area contributed by atoms with Crippen molar-refractivity contribution < 1.29 is 95.4 Å². The summed E-state index contributed by atoms with van der Waals surface area (Å²) in [5.41, 5.74) is 4.11. The molecule has 112 heavy (non-hydrogen) atoms. The third kappa shape index (κ3) is 24.2. The van der Waals surface area contributed by atoms with E-state index in [9.17, 15) is 29.4 Å². The van der Waals surface area contributed by atoms with Crippen molar-refractivity contribution in [2.24, 2.45) is 0 Å². The molecule has 0 radical (unpaired) electrons. The maximum absolute atomic E-state index is 14.1. The van der Waals surface area contributed by atoms with Crippen LogP contribution in [0.3, 0.4) is 0 Å². The number of aliphatic hydroxyl groups is 2. The number of aliphatic hydroxyl groups excluding tert-OH is 2. The van der Waals surface area contributed by atoms with Gasteiger partial charge in [0.05, 0.1) is 72.1 Å². The monoisotopic (exact) mass is 1580 g/mol. The predicted octanol–water partition coefficient (Wildman–Crippen LogP) is 10.0. The van der Waals surface area contributed by atoms with Crippen molar-refractivity contribution in [3.05, 3.63) is 246 Å². The second kappa shape index (κ2) is 41.6. The lowest BCUT2D eigenvalue weighted by molar-refractivity contribution is -0.364. The second-order valence-corrected chi connectivity index (χ2v) is 36.1. The Morgan fingerprint density at radius 1 is 0.366 bits per heavy atom. The fourth-order valence-electron chi connectivity index (χ4n) is 13.8. The van der Waals surface area contributed by atoms with E-state index in [1.165, 1.54) is 39.5 Å². The van der Waals surface area contributed by atoms with Crippen LogP contribution in [0.1, 0.15) is 81.8 Å². The minimum absolute atomic E-state index is 0.0346. The van der Waals surface area contributed by atoms with E-state index >= 15 is 0 Å². The fraction of sp³-hybridized carbons (Fsp3) is 0.465. The van der Waals surface area contributed by atoms with Crippen LogP contribution in [0, 0.1) is 0 Å². The van der Waals surface area contributed by atoms with Crippen LogP contribution in [0.5, 0.6) is 0 Å². The average molecular weight is 1580 g/mol. The van der Waals surface area contributed by atoms with Gasteiger partial charge in [-0.1, -0.05) is 233 Å². The smallest absolute Gasteiger partial charge is 0.217 e. The van der Waals surface area contributed by atoms with Gasteiger partial charge in [0.15, 0.2) is 27.2 Å². The first-order chi connectivity index (χ1) is 54.0. The minimum atomic E-state index is -2.75. The molecule has 0 unspecified atom stereocenters. The number of thioether (sulfide) groups is 1. The zero-order valence-corrected chi connectivity index (χ0v) is 66.8. The third-order valence-corrected chi connectivity index (χ3v) is 26.0. The number of nitrogens with one attached hydrogen (secondary N) is 4. The van der Waals surface area contributed by atoms with Gasteiger partial charge in [-0.15, -0.1) is 0 Å². The third-order valence-electron chi connectivity index (χ3n) is 20.4. The largest absolute Gasteiger partial charge is 0.408 e. The van der Waals surface area contributed by atoms with Crippen LogP contribution >= 0.6 is 11.8 Å². The second-order valence-electron chi connectivity index (χ2n) is 30.2. The lowest BCUT2D eigenvalue weighted by atomic mass is 9.93. The maximum atomic E-state index is 14.1. The van der Waals surface area contributed by atoms with Gasteiger partial charge in [0, 0.05) is 32.6 Å². The average Bonchev–Trinajstić information content (AvgIpc) is 0.764. The maximum Gasteiger partial charge on any atom is 0.217 e. The summed E-state index contributed by atoms with van der Waals surface area (Å²) in [5, 5.41) is 38.3. The summed E-state index contributed by atoms with van der Waals surface area (Å²) < 4.78 is 98.2. The van der Waals surface area contributed by atoms with Crippen LogP contribution in [0.15, 0.2) is 217 Å². The Morgan fingerprint density at radius 2 is 0.643 bits per heavy atom. The molecule has 0 saturated carbocycles. The van der Waals surface area contributed by atoms with Crippen LogP contribution in [-0.4, -0.2) is 190 Å². The number of rotatable bonds is 36. The first-order valence-electron chi connectivity index (χ1n) is 38.2. The van der Waals surface area contributed by atoms with E-state index in [1.807, 2.05) is 212 Å². The standard InChI is InChI=1S/C86H108N4O20SSi/c1-55(91)87-70-74(95)76(107-84-73(90-58(4)94)81(102-50-64-41-27-15-28-42-64)79(110-112(8,9)86(5,6)7)69(105-84)54-100-48-62-37-23-13-24-38-62)66(51-97-45-59-31-17-10-18-32-59)103-82(70)109-78-68(53-99-47-61-35-21-12-22-36-61)104-83(72(89-57(3)93)80(78)101-49-63-39-25-14-26-40-63)108-77-67(52-98-46-60-33-19-11-20-34-60)106-85(71(75(77)96)88-56(2)92)111-65-43-29-16-30-44-65/h10-44,66-85,95-96H,45-54H2,1-9H3,(H,87,91)(H,88,92)(H,89,93)(H,90,94)/t66-,67-,68-,69-,70-,71-,72-,73-,74-,75-,76-,77-,78-,79-,80-,81-,82+,83+,84+,85+/m1/s1. The highest BCUT2D eigenvalue weighted by Crippen LogP contribution is 2.43. The number of benzene rings is 7. The molecule has 4 fully saturated rings. The Bertz CT molecular complexity index is 3990. The fourth-order valence-corrected chi connectivity index (χ4v) is 16.3. The van der Waals surface area contributed by atoms with Crippen LogP contribution in [0.25, 0.3) is 0 Å². The molecular formula is C86H108N4O20SSi. The summed E-state index contributed by atoms with van der Waals surface area (Å²) in [5.74, 6) is -2.03. The van der Waals surface area contributed by atoms with Gasteiger partial charge in [-0.25, -0.2) is 0 Å². The lowest BCUT2D eigenvalue weighted by Crippen LogP contribution is -2.72. The van der Waals surface area contributed by atoms with Gasteiger partial charge < -0.3 is 97.5 Å². The molecule has 4 aliphatic heterocycles. The summed E-state index contributed by atoms with van der Waals surface area (Å²) >= 11 is 1.31. The van der Waals surface area contributed by atoms with E-state index in [4.69, 9.17) is 66.0 Å². The molecule has 0 aliphatic carbocycles. The van der Waals surface area contributed by atoms with E-state index < -0.39 is 154 Å². The lowest BCUT2D eigenvalue weighted by Gasteiger charge is -2.53. The Morgan fingerprint density at radius 3 is 1.00 bits per heavy atom. The molecule has 7 aromatic rings. The number of hydrogen-bond donors (Lipinski definition) is 6. The Labute approximate surface area is 661 Å². The molecule has 20 atom stereocenters. The molecule has 4 heterocycles. The highest BCUT2D eigenvalue weighted by atomic mass is 32.2. The van der Waals surface area contributed by atoms with Crippen molar-refractivity contribution in [3.8, 4) is 0 Å². The number of ether oxygens (including phenoxy) is 13. The molecule has 602 valence electrons. The van der Waals surface area contributed by atoms with Crippen LogP contribution in [0.2, 0.25) is 18.1 Å². The van der Waals surface area contributed by atoms with Crippen LogP contribution in [0.4, 0.5) is 0 Å². The quantitative estimate of drug-likeness (QED) is 0.0199. The molecule has 0 aromatic heterocycles. The van der Waals surface area contributed by atoms with Gasteiger partial charge in [0.25, 0.3) is 0 Å². The molecule has 4 amide bonds. The van der Waals surface area contributed by atoms with Gasteiger partial charge in [-0.05, 0) is 63.6 Å². The molecule has 4 aliphatic rings. The van der Waals surface area contributed by atoms with Crippen LogP contribution in [-0.2, 0) is 125 Å². The highest BCUT2D eigenvalue weighted by Gasteiger charge is 2.59. The molecule has 11 rings (SSSR count). The molecule has 0 spiro atoms. The zero-order valence-electron chi connectivity index (χ0n) is 65.0. The van der Waals surface area contributed by atoms with Crippen LogP contribution < -0.4 is 21.3 Å². The zero-order chi connectivity index (χ0) is 79.2. The summed E-state index contributed by atoms with van der Waals surface area (Å²) in [6.07, 6.45) is -19.9. The molecule has 26 heteroatoms. The predicted molar refractivity (Wildman–Crippen MR) is 420 cm³/mol. The van der Waals surface area contributed by atoms with Crippen molar-refractivity contribution in [2.45, 2.75) is 233 Å². The SMILES string of the molecule is CC(=O)N[C@@H]1[C@@H](O)[C@H](O[C@@H]2O[C@H](COCc3ccccc3)[C@@H](O[C@@H]3O[C@H](COCc4ccccc4)[C@@H](O[C@@H]4O[C@H](COCc5ccccc5)[C@@H](O[Si](C)(C)C(C)(C)C)[C@H](OCc5ccccc5)[C@H]4NC(C)=O)[C@H](O)[C@H]3NC(C)=O)[C@H](OCc3ccccc3)[C@H]2NC(C)=O)[C@@H](COCc2ccccc2)O[C@H]1Sc1ccccc1. The van der Waals surface area contributed by atoms with Gasteiger partial charge >= 0.3 is 0 Å². The number of carbonyl (C=O) groups excluding carboxylic acids is 4. The van der Waals surface area contributed by atoms with Gasteiger partial charge in [0.1, 0.15) is 96.8 Å². The van der Waals surface area contributed by atoms with Crippen molar-refractivity contribution >= 4 is 43.7 Å². The Kier molecular flexibility index (Phi) is 31.6. The topological polar surface area (TPSA) is 286 Å². The van der Waals surface area contributed by atoms with Crippen molar-refractivity contribution in [1.82, 2.24) is 21.3 Å². The molecule has 6 N–H and O–H groups in total. The van der Waals surface area contributed by atoms with E-state index in [0.29, 0.717) is 0 Å². The molecular weight excluding hydrogens is 1470 g/mol. The number of carbonyl (C=O) groups is 4. The first kappa shape index (κ1) is 85.2. The Hall–Kier alpha value is -7.65. The van der Waals surface area contributed by atoms with Gasteiger partial charge in [-0.3, -0.25) is 19.2 Å². The molecule has 0 bridgehead atoms. The highest BCUT2D eigenvalue weighted by molar-refractivity contribution is 7.99. The Balaban J connectivity index is 0.989. The summed E-state index contributed by atoms with van der Waals surface area (Å²) in [7, 11) is -2.75. The summed E-state index contributed by atoms with van der Waals surface area (Å²) in [6, 6.07) is 61.5. The molecule has 4 saturated heterocycles. The van der Waals surface area contributed by atoms with E-state index in [0.717, 1.165) is 38.3 Å². The van der Waals surface area contributed by atoms with E-state index in [1.54, 1.807) is 0 Å². The van der Waals surface area contributed by atoms with Crippen molar-refractivity contribution in [1.29, 1.82) is 0 Å². The first-order valence-corrected chi connectivity index (χ1v) is 42.0. The minimum Gasteiger partial charge on any atom is -0.408 e. The summed E-state index contributed by atoms with van der Waals surface area (Å²) in [4.78, 5) is 56.1. The summed E-state index contributed by atoms with van der Waals surface area (Å²) in [6.45, 7) is 15.8. The normalized spacial score (nSPS) is 28.2. The number of amides is 4.